The fraction of sp³-hybridized carbons (Fsp3) is 0.333. The van der Waals surface area contributed by atoms with Crippen LogP contribution in [0.1, 0.15) is 31.3 Å². The number of methoxy groups -OCH3 is 1. The van der Waals surface area contributed by atoms with Gasteiger partial charge in [0.25, 0.3) is 5.91 Å². The molecule has 0 radical (unpaired) electrons. The summed E-state index contributed by atoms with van der Waals surface area (Å²) in [6, 6.07) is 9.35. The van der Waals surface area contributed by atoms with E-state index in [9.17, 15) is 9.18 Å². The smallest absolute Gasteiger partial charge is 0.273 e. The summed E-state index contributed by atoms with van der Waals surface area (Å²) in [5.74, 6) is 0.148. The quantitative estimate of drug-likeness (QED) is 0.876. The van der Waals surface area contributed by atoms with Gasteiger partial charge in [0.2, 0.25) is 0 Å². The van der Waals surface area contributed by atoms with Crippen LogP contribution in [0.3, 0.4) is 0 Å². The number of nitrogens with one attached hydrogen (secondary N) is 2. The Morgan fingerprint density at radius 1 is 1.25 bits per heavy atom. The number of pyridine rings is 1. The van der Waals surface area contributed by atoms with Crippen molar-refractivity contribution in [2.45, 2.75) is 20.8 Å². The van der Waals surface area contributed by atoms with E-state index in [1.165, 1.54) is 19.2 Å². The molecule has 0 atom stereocenters. The van der Waals surface area contributed by atoms with Crippen molar-refractivity contribution in [1.29, 1.82) is 0 Å². The molecule has 2 rings (SSSR count). The highest BCUT2D eigenvalue weighted by atomic mass is 19.1. The van der Waals surface area contributed by atoms with Gasteiger partial charge in [-0.1, -0.05) is 26.8 Å². The molecule has 1 aromatic heterocycles. The number of hydrogen-bond acceptors (Lipinski definition) is 4. The van der Waals surface area contributed by atoms with Crippen molar-refractivity contribution >= 4 is 17.4 Å². The van der Waals surface area contributed by atoms with Crippen LogP contribution in [-0.4, -0.2) is 24.5 Å². The van der Waals surface area contributed by atoms with E-state index in [4.69, 9.17) is 4.74 Å². The maximum absolute atomic E-state index is 13.3. The van der Waals surface area contributed by atoms with Gasteiger partial charge in [0.05, 0.1) is 7.11 Å². The largest absolute Gasteiger partial charge is 0.494 e. The molecule has 0 aliphatic rings. The van der Waals surface area contributed by atoms with Gasteiger partial charge in [-0.3, -0.25) is 4.79 Å². The third kappa shape index (κ3) is 4.94. The lowest BCUT2D eigenvalue weighted by atomic mass is 9.97. The summed E-state index contributed by atoms with van der Waals surface area (Å²) >= 11 is 0. The van der Waals surface area contributed by atoms with Gasteiger partial charge in [0, 0.05) is 12.2 Å². The molecule has 0 aliphatic carbocycles. The Hall–Kier alpha value is -2.63. The molecule has 1 amide bonds. The number of carbonyl (C=O) groups excluding carboxylic acids is 1. The third-order valence-corrected chi connectivity index (χ3v) is 3.17. The predicted molar refractivity (Wildman–Crippen MR) is 92.3 cm³/mol. The molecule has 2 N–H and O–H groups in total. The van der Waals surface area contributed by atoms with Gasteiger partial charge in [0.15, 0.2) is 5.69 Å². The van der Waals surface area contributed by atoms with Gasteiger partial charge < -0.3 is 15.4 Å². The standard InChI is InChI=1S/C18H22FN3O2/c1-18(2,3)11-20-17(23)16-14(24-4)8-9-15(22-16)21-13-7-5-6-12(19)10-13/h5-10H,11H2,1-4H3,(H,20,23)(H,21,22). The molecule has 0 spiro atoms. The number of hydrogen-bond donors (Lipinski definition) is 2. The van der Waals surface area contributed by atoms with Crippen molar-refractivity contribution in [3.63, 3.8) is 0 Å². The second-order valence-corrected chi connectivity index (χ2v) is 6.63. The number of anilines is 2. The first-order chi connectivity index (χ1) is 11.3. The van der Waals surface area contributed by atoms with Crippen LogP contribution in [0.5, 0.6) is 5.75 Å². The molecule has 0 aliphatic heterocycles. The van der Waals surface area contributed by atoms with E-state index in [1.807, 2.05) is 20.8 Å². The molecule has 0 saturated carbocycles. The Labute approximate surface area is 141 Å². The second-order valence-electron chi connectivity index (χ2n) is 6.63. The number of amides is 1. The van der Waals surface area contributed by atoms with E-state index in [1.54, 1.807) is 24.3 Å². The van der Waals surface area contributed by atoms with Crippen LogP contribution in [0.25, 0.3) is 0 Å². The van der Waals surface area contributed by atoms with Crippen molar-refractivity contribution < 1.29 is 13.9 Å². The van der Waals surface area contributed by atoms with E-state index < -0.39 is 0 Å². The fourth-order valence-corrected chi connectivity index (χ4v) is 1.99. The number of carbonyl (C=O) groups is 1. The summed E-state index contributed by atoms with van der Waals surface area (Å²) in [4.78, 5) is 16.7. The summed E-state index contributed by atoms with van der Waals surface area (Å²) in [6.45, 7) is 6.60. The van der Waals surface area contributed by atoms with Gasteiger partial charge in [-0.15, -0.1) is 0 Å². The Kier molecular flexibility index (Phi) is 5.39. The first-order valence-corrected chi connectivity index (χ1v) is 7.64. The average molecular weight is 331 g/mol. The molecular formula is C18H22FN3O2. The predicted octanol–water partition coefficient (Wildman–Crippen LogP) is 3.75. The molecular weight excluding hydrogens is 309 g/mol. The van der Waals surface area contributed by atoms with Crippen LogP contribution in [0.2, 0.25) is 0 Å². The Bertz CT molecular complexity index is 726. The monoisotopic (exact) mass is 331 g/mol. The SMILES string of the molecule is COc1ccc(Nc2cccc(F)c2)nc1C(=O)NCC(C)(C)C. The molecule has 2 aromatic rings. The molecule has 24 heavy (non-hydrogen) atoms. The minimum absolute atomic E-state index is 0.0413. The molecule has 5 nitrogen and oxygen atoms in total. The zero-order valence-corrected chi connectivity index (χ0v) is 14.3. The number of halogens is 1. The minimum Gasteiger partial charge on any atom is -0.494 e. The van der Waals surface area contributed by atoms with Crippen molar-refractivity contribution in [3.8, 4) is 5.75 Å². The summed E-state index contributed by atoms with van der Waals surface area (Å²) in [6.07, 6.45) is 0. The molecule has 0 saturated heterocycles. The number of benzene rings is 1. The first kappa shape index (κ1) is 17.7. The van der Waals surface area contributed by atoms with E-state index in [2.05, 4.69) is 15.6 Å². The van der Waals surface area contributed by atoms with E-state index in [0.29, 0.717) is 23.8 Å². The highest BCUT2D eigenvalue weighted by Gasteiger charge is 2.18. The van der Waals surface area contributed by atoms with Crippen molar-refractivity contribution in [2.75, 3.05) is 19.0 Å². The molecule has 0 bridgehead atoms. The Morgan fingerprint density at radius 2 is 2.00 bits per heavy atom. The lowest BCUT2D eigenvalue weighted by Crippen LogP contribution is -2.33. The Morgan fingerprint density at radius 3 is 2.62 bits per heavy atom. The lowest BCUT2D eigenvalue weighted by molar-refractivity contribution is 0.0931. The summed E-state index contributed by atoms with van der Waals surface area (Å²) in [7, 11) is 1.48. The number of nitrogens with zero attached hydrogens (tertiary/aromatic N) is 1. The van der Waals surface area contributed by atoms with E-state index >= 15 is 0 Å². The maximum atomic E-state index is 13.3. The van der Waals surface area contributed by atoms with Crippen molar-refractivity contribution in [1.82, 2.24) is 10.3 Å². The molecule has 6 heteroatoms. The summed E-state index contributed by atoms with van der Waals surface area (Å²) in [5, 5.41) is 5.82. The van der Waals surface area contributed by atoms with Gasteiger partial charge in [0.1, 0.15) is 17.4 Å². The van der Waals surface area contributed by atoms with Gasteiger partial charge >= 0.3 is 0 Å². The van der Waals surface area contributed by atoms with Crippen LogP contribution in [0, 0.1) is 11.2 Å². The number of ether oxygens (including phenoxy) is 1. The Balaban J connectivity index is 2.22. The normalized spacial score (nSPS) is 11.0. The third-order valence-electron chi connectivity index (χ3n) is 3.17. The maximum Gasteiger partial charge on any atom is 0.273 e. The van der Waals surface area contributed by atoms with Gasteiger partial charge in [-0.2, -0.15) is 0 Å². The molecule has 1 heterocycles. The second kappa shape index (κ2) is 7.29. The highest BCUT2D eigenvalue weighted by Crippen LogP contribution is 2.22. The molecule has 0 unspecified atom stereocenters. The lowest BCUT2D eigenvalue weighted by Gasteiger charge is -2.19. The van der Waals surface area contributed by atoms with Crippen LogP contribution in [0.4, 0.5) is 15.9 Å². The van der Waals surface area contributed by atoms with Crippen molar-refractivity contribution in [2.24, 2.45) is 5.41 Å². The minimum atomic E-state index is -0.350. The van der Waals surface area contributed by atoms with Crippen LogP contribution < -0.4 is 15.4 Å². The van der Waals surface area contributed by atoms with E-state index in [0.717, 1.165) is 0 Å². The zero-order chi connectivity index (χ0) is 17.7. The first-order valence-electron chi connectivity index (χ1n) is 7.64. The van der Waals surface area contributed by atoms with Crippen LogP contribution in [-0.2, 0) is 0 Å². The highest BCUT2D eigenvalue weighted by molar-refractivity contribution is 5.95. The molecule has 128 valence electrons. The van der Waals surface area contributed by atoms with Crippen LogP contribution in [0.15, 0.2) is 36.4 Å². The summed E-state index contributed by atoms with van der Waals surface area (Å²) in [5.41, 5.74) is 0.692. The summed E-state index contributed by atoms with van der Waals surface area (Å²) < 4.78 is 18.5. The van der Waals surface area contributed by atoms with Gasteiger partial charge in [-0.25, -0.2) is 9.37 Å². The van der Waals surface area contributed by atoms with Crippen molar-refractivity contribution in [3.05, 3.63) is 47.9 Å². The van der Waals surface area contributed by atoms with E-state index in [-0.39, 0.29) is 22.8 Å². The fourth-order valence-electron chi connectivity index (χ4n) is 1.99. The molecule has 0 fully saturated rings. The molecule has 1 aromatic carbocycles. The van der Waals surface area contributed by atoms with Crippen LogP contribution >= 0.6 is 0 Å². The zero-order valence-electron chi connectivity index (χ0n) is 14.3. The van der Waals surface area contributed by atoms with Gasteiger partial charge in [-0.05, 0) is 35.7 Å². The number of aromatic nitrogens is 1. The average Bonchev–Trinajstić information content (AvgIpc) is 2.52. The number of rotatable bonds is 5. The topological polar surface area (TPSA) is 63.2 Å².